The number of benzene rings is 1. The largest absolute Gasteiger partial charge is 0.465 e. The number of carbonyl (C=O) groups excluding carboxylic acids is 1. The molecule has 5 heteroatoms. The number of hydrogen-bond donors (Lipinski definition) is 1. The van der Waals surface area contributed by atoms with Crippen LogP contribution >= 0.6 is 27.7 Å². The van der Waals surface area contributed by atoms with Gasteiger partial charge < -0.3 is 10.1 Å². The van der Waals surface area contributed by atoms with Gasteiger partial charge in [-0.1, -0.05) is 15.9 Å². The van der Waals surface area contributed by atoms with E-state index < -0.39 is 0 Å². The third kappa shape index (κ3) is 5.46. The average Bonchev–Trinajstić information content (AvgIpc) is 3.24. The molecule has 1 aliphatic rings. The molecule has 0 aliphatic heterocycles. The summed E-state index contributed by atoms with van der Waals surface area (Å²) in [5, 5.41) is 3.38. The second-order valence-corrected chi connectivity index (χ2v) is 6.92. The van der Waals surface area contributed by atoms with Crippen molar-refractivity contribution in [2.24, 2.45) is 0 Å². The van der Waals surface area contributed by atoms with Crippen LogP contribution < -0.4 is 5.32 Å². The Morgan fingerprint density at radius 3 is 2.75 bits per heavy atom. The summed E-state index contributed by atoms with van der Waals surface area (Å²) >= 11 is 5.20. The molecule has 0 saturated heterocycles. The minimum absolute atomic E-state index is 0.115. The zero-order chi connectivity index (χ0) is 14.4. The van der Waals surface area contributed by atoms with E-state index in [-0.39, 0.29) is 12.0 Å². The maximum atomic E-state index is 11.9. The zero-order valence-electron chi connectivity index (χ0n) is 11.6. The highest BCUT2D eigenvalue weighted by Gasteiger charge is 2.28. The second-order valence-electron chi connectivity index (χ2n) is 4.84. The van der Waals surface area contributed by atoms with Gasteiger partial charge >= 0.3 is 5.97 Å². The van der Waals surface area contributed by atoms with E-state index in [2.05, 4.69) is 33.4 Å². The Balaban J connectivity index is 1.78. The summed E-state index contributed by atoms with van der Waals surface area (Å²) in [6, 6.07) is 8.60. The van der Waals surface area contributed by atoms with Crippen molar-refractivity contribution in [1.82, 2.24) is 5.32 Å². The highest BCUT2D eigenvalue weighted by atomic mass is 79.9. The Hall–Kier alpha value is -0.520. The van der Waals surface area contributed by atoms with Gasteiger partial charge in [-0.2, -0.15) is 0 Å². The van der Waals surface area contributed by atoms with E-state index in [0.29, 0.717) is 12.6 Å². The molecule has 20 heavy (non-hydrogen) atoms. The van der Waals surface area contributed by atoms with Crippen molar-refractivity contribution in [3.63, 3.8) is 0 Å². The van der Waals surface area contributed by atoms with Crippen molar-refractivity contribution >= 4 is 33.7 Å². The summed E-state index contributed by atoms with van der Waals surface area (Å²) in [5.74, 6) is 0.793. The average molecular weight is 358 g/mol. The van der Waals surface area contributed by atoms with Crippen LogP contribution in [0, 0.1) is 0 Å². The van der Waals surface area contributed by atoms with Crippen LogP contribution in [0.4, 0.5) is 0 Å². The SMILES string of the molecule is CCOC(=O)C(CCSc1ccc(Br)cc1)NC1CC1. The molecule has 1 aromatic carbocycles. The molecule has 0 amide bonds. The molecule has 3 nitrogen and oxygen atoms in total. The van der Waals surface area contributed by atoms with Gasteiger partial charge in [0.2, 0.25) is 0 Å². The first-order valence-electron chi connectivity index (χ1n) is 7.00. The van der Waals surface area contributed by atoms with Gasteiger partial charge in [-0.25, -0.2) is 0 Å². The van der Waals surface area contributed by atoms with Gasteiger partial charge in [-0.15, -0.1) is 11.8 Å². The number of halogens is 1. The lowest BCUT2D eigenvalue weighted by Gasteiger charge is -2.16. The van der Waals surface area contributed by atoms with Crippen LogP contribution in [0.15, 0.2) is 33.6 Å². The fraction of sp³-hybridized carbons (Fsp3) is 0.533. The van der Waals surface area contributed by atoms with E-state index in [1.807, 2.05) is 19.1 Å². The molecular formula is C15H20BrNO2S. The van der Waals surface area contributed by atoms with Crippen molar-refractivity contribution in [1.29, 1.82) is 0 Å². The lowest BCUT2D eigenvalue weighted by atomic mass is 10.2. The van der Waals surface area contributed by atoms with E-state index in [0.717, 1.165) is 16.6 Å². The van der Waals surface area contributed by atoms with Crippen LogP contribution in [0.5, 0.6) is 0 Å². The summed E-state index contributed by atoms with van der Waals surface area (Å²) in [6.45, 7) is 2.30. The number of carbonyl (C=O) groups is 1. The first-order chi connectivity index (χ1) is 9.69. The van der Waals surface area contributed by atoms with Crippen LogP contribution in [-0.2, 0) is 9.53 Å². The molecule has 0 heterocycles. The van der Waals surface area contributed by atoms with Crippen LogP contribution in [0.3, 0.4) is 0 Å². The fourth-order valence-electron chi connectivity index (χ4n) is 1.87. The predicted molar refractivity (Wildman–Crippen MR) is 86.1 cm³/mol. The molecule has 1 N–H and O–H groups in total. The number of hydrogen-bond acceptors (Lipinski definition) is 4. The lowest BCUT2D eigenvalue weighted by molar-refractivity contribution is -0.145. The normalized spacial score (nSPS) is 15.9. The van der Waals surface area contributed by atoms with E-state index in [9.17, 15) is 4.79 Å². The molecule has 0 spiro atoms. The van der Waals surface area contributed by atoms with Crippen molar-refractivity contribution in [3.05, 3.63) is 28.7 Å². The Bertz CT molecular complexity index is 434. The molecule has 1 aromatic rings. The van der Waals surface area contributed by atoms with Crippen LogP contribution in [0.1, 0.15) is 26.2 Å². The Labute approximate surface area is 133 Å². The number of thioether (sulfide) groups is 1. The minimum Gasteiger partial charge on any atom is -0.465 e. The Morgan fingerprint density at radius 2 is 2.15 bits per heavy atom. The number of esters is 1. The number of rotatable bonds is 8. The first kappa shape index (κ1) is 15.9. The van der Waals surface area contributed by atoms with E-state index in [1.54, 1.807) is 11.8 Å². The fourth-order valence-corrected chi connectivity index (χ4v) is 3.05. The number of ether oxygens (including phenoxy) is 1. The van der Waals surface area contributed by atoms with E-state index in [1.165, 1.54) is 17.7 Å². The van der Waals surface area contributed by atoms with Crippen LogP contribution in [0.25, 0.3) is 0 Å². The second kappa shape index (κ2) is 8.05. The summed E-state index contributed by atoms with van der Waals surface area (Å²) < 4.78 is 6.22. The molecule has 110 valence electrons. The van der Waals surface area contributed by atoms with Gasteiger partial charge in [0.1, 0.15) is 6.04 Å². The maximum absolute atomic E-state index is 11.9. The molecule has 0 aromatic heterocycles. The van der Waals surface area contributed by atoms with Crippen molar-refractivity contribution in [2.45, 2.75) is 43.2 Å². The molecule has 2 rings (SSSR count). The summed E-state index contributed by atoms with van der Waals surface area (Å²) in [4.78, 5) is 13.1. The quantitative estimate of drug-likeness (QED) is 0.569. The highest BCUT2D eigenvalue weighted by molar-refractivity contribution is 9.10. The molecule has 0 radical (unpaired) electrons. The maximum Gasteiger partial charge on any atom is 0.323 e. The van der Waals surface area contributed by atoms with Crippen molar-refractivity contribution in [3.8, 4) is 0 Å². The summed E-state index contributed by atoms with van der Waals surface area (Å²) in [5.41, 5.74) is 0. The van der Waals surface area contributed by atoms with E-state index >= 15 is 0 Å². The summed E-state index contributed by atoms with van der Waals surface area (Å²) in [6.07, 6.45) is 3.15. The minimum atomic E-state index is -0.162. The van der Waals surface area contributed by atoms with Gasteiger partial charge in [-0.3, -0.25) is 4.79 Å². The topological polar surface area (TPSA) is 38.3 Å². The van der Waals surface area contributed by atoms with Gasteiger partial charge in [0, 0.05) is 21.2 Å². The standard InChI is InChI=1S/C15H20BrNO2S/c1-2-19-15(18)14(17-12-5-6-12)9-10-20-13-7-3-11(16)4-8-13/h3-4,7-8,12,14,17H,2,5-6,9-10H2,1H3. The van der Waals surface area contributed by atoms with Gasteiger partial charge in [0.25, 0.3) is 0 Å². The zero-order valence-corrected chi connectivity index (χ0v) is 14.0. The molecule has 1 atom stereocenters. The van der Waals surface area contributed by atoms with Crippen molar-refractivity contribution < 1.29 is 9.53 Å². The molecule has 0 bridgehead atoms. The first-order valence-corrected chi connectivity index (χ1v) is 8.78. The smallest absolute Gasteiger partial charge is 0.323 e. The molecule has 1 unspecified atom stereocenters. The van der Waals surface area contributed by atoms with Gasteiger partial charge in [0.15, 0.2) is 0 Å². The van der Waals surface area contributed by atoms with E-state index in [4.69, 9.17) is 4.74 Å². The number of nitrogens with one attached hydrogen (secondary N) is 1. The summed E-state index contributed by atoms with van der Waals surface area (Å²) in [7, 11) is 0. The third-order valence-corrected chi connectivity index (χ3v) is 4.65. The molecule has 1 fully saturated rings. The molecular weight excluding hydrogens is 338 g/mol. The Morgan fingerprint density at radius 1 is 1.45 bits per heavy atom. The third-order valence-electron chi connectivity index (χ3n) is 3.07. The van der Waals surface area contributed by atoms with Crippen LogP contribution in [0.2, 0.25) is 0 Å². The monoisotopic (exact) mass is 357 g/mol. The Kier molecular flexibility index (Phi) is 6.39. The predicted octanol–water partition coefficient (Wildman–Crippen LogP) is 3.62. The van der Waals surface area contributed by atoms with Crippen molar-refractivity contribution in [2.75, 3.05) is 12.4 Å². The van der Waals surface area contributed by atoms with Gasteiger partial charge in [-0.05, 0) is 50.5 Å². The molecule has 1 saturated carbocycles. The van der Waals surface area contributed by atoms with Gasteiger partial charge in [0.05, 0.1) is 6.61 Å². The van der Waals surface area contributed by atoms with Crippen LogP contribution in [-0.4, -0.2) is 30.4 Å². The lowest BCUT2D eigenvalue weighted by Crippen LogP contribution is -2.39. The molecule has 1 aliphatic carbocycles. The highest BCUT2D eigenvalue weighted by Crippen LogP contribution is 2.24.